The number of hydrogen-bond acceptors (Lipinski definition) is 2. The Morgan fingerprint density at radius 1 is 1.11 bits per heavy atom. The SMILES string of the molecule is C.C.CCC(OC)OC. The first-order chi connectivity index (χ1) is 3.35. The van der Waals surface area contributed by atoms with E-state index in [0.29, 0.717) is 0 Å². The van der Waals surface area contributed by atoms with Crippen molar-refractivity contribution in [1.82, 2.24) is 0 Å². The molecular formula is C7H20O2. The molecule has 9 heavy (non-hydrogen) atoms. The topological polar surface area (TPSA) is 18.5 Å². The predicted molar refractivity (Wildman–Crippen MR) is 41.6 cm³/mol. The second-order valence-electron chi connectivity index (χ2n) is 1.31. The van der Waals surface area contributed by atoms with Crippen LogP contribution in [0.25, 0.3) is 0 Å². The summed E-state index contributed by atoms with van der Waals surface area (Å²) >= 11 is 0. The van der Waals surface area contributed by atoms with E-state index in [1.807, 2.05) is 6.92 Å². The van der Waals surface area contributed by atoms with Gasteiger partial charge in [0.15, 0.2) is 6.29 Å². The van der Waals surface area contributed by atoms with Crippen molar-refractivity contribution in [3.05, 3.63) is 0 Å². The van der Waals surface area contributed by atoms with Crippen LogP contribution in [0.4, 0.5) is 0 Å². The molecule has 60 valence electrons. The maximum absolute atomic E-state index is 4.83. The zero-order valence-corrected chi connectivity index (χ0v) is 5.10. The lowest BCUT2D eigenvalue weighted by Crippen LogP contribution is -2.10. The van der Waals surface area contributed by atoms with Gasteiger partial charge in [-0.2, -0.15) is 0 Å². The van der Waals surface area contributed by atoms with Crippen molar-refractivity contribution in [1.29, 1.82) is 0 Å². The van der Waals surface area contributed by atoms with E-state index in [4.69, 9.17) is 9.47 Å². The van der Waals surface area contributed by atoms with Crippen LogP contribution in [0.1, 0.15) is 28.2 Å². The van der Waals surface area contributed by atoms with Crippen LogP contribution >= 0.6 is 0 Å². The fraction of sp³-hybridized carbons (Fsp3) is 1.00. The summed E-state index contributed by atoms with van der Waals surface area (Å²) in [4.78, 5) is 0. The van der Waals surface area contributed by atoms with Crippen LogP contribution in [-0.2, 0) is 9.47 Å². The Bertz CT molecular complexity index is 28.4. The van der Waals surface area contributed by atoms with Crippen molar-refractivity contribution in [3.63, 3.8) is 0 Å². The summed E-state index contributed by atoms with van der Waals surface area (Å²) in [5.74, 6) is 0. The molecule has 0 aliphatic heterocycles. The van der Waals surface area contributed by atoms with Gasteiger partial charge in [0.2, 0.25) is 0 Å². The molecule has 0 radical (unpaired) electrons. The average molecular weight is 136 g/mol. The number of hydrogen-bond donors (Lipinski definition) is 0. The lowest BCUT2D eigenvalue weighted by molar-refractivity contribution is -0.103. The monoisotopic (exact) mass is 136 g/mol. The van der Waals surface area contributed by atoms with Crippen LogP contribution in [0.2, 0.25) is 0 Å². The molecule has 0 aliphatic rings. The van der Waals surface area contributed by atoms with Crippen molar-refractivity contribution in [2.45, 2.75) is 34.5 Å². The summed E-state index contributed by atoms with van der Waals surface area (Å²) in [6.45, 7) is 2.01. The van der Waals surface area contributed by atoms with E-state index in [9.17, 15) is 0 Å². The average Bonchev–Trinajstić information content (AvgIpc) is 1.72. The van der Waals surface area contributed by atoms with E-state index in [1.165, 1.54) is 0 Å². The summed E-state index contributed by atoms with van der Waals surface area (Å²) in [5, 5.41) is 0. The predicted octanol–water partition coefficient (Wildman–Crippen LogP) is 2.29. The van der Waals surface area contributed by atoms with Crippen molar-refractivity contribution in [3.8, 4) is 0 Å². The highest BCUT2D eigenvalue weighted by molar-refractivity contribution is 4.31. The molecule has 0 aliphatic carbocycles. The van der Waals surface area contributed by atoms with Gasteiger partial charge >= 0.3 is 0 Å². The minimum absolute atomic E-state index is 0. The van der Waals surface area contributed by atoms with Crippen molar-refractivity contribution < 1.29 is 9.47 Å². The highest BCUT2D eigenvalue weighted by Crippen LogP contribution is 1.93. The van der Waals surface area contributed by atoms with Gasteiger partial charge in [-0.25, -0.2) is 0 Å². The first-order valence-electron chi connectivity index (χ1n) is 2.40. The molecule has 0 rings (SSSR count). The number of methoxy groups -OCH3 is 2. The van der Waals surface area contributed by atoms with Gasteiger partial charge < -0.3 is 9.47 Å². The van der Waals surface area contributed by atoms with Gasteiger partial charge in [0.05, 0.1) is 0 Å². The molecule has 0 unspecified atom stereocenters. The molecule has 2 nitrogen and oxygen atoms in total. The fourth-order valence-electron chi connectivity index (χ4n) is 0.430. The van der Waals surface area contributed by atoms with Gasteiger partial charge in [-0.3, -0.25) is 0 Å². The van der Waals surface area contributed by atoms with Crippen molar-refractivity contribution in [2.75, 3.05) is 14.2 Å². The van der Waals surface area contributed by atoms with E-state index >= 15 is 0 Å². The first kappa shape index (κ1) is 16.0. The summed E-state index contributed by atoms with van der Waals surface area (Å²) in [6, 6.07) is 0. The zero-order chi connectivity index (χ0) is 5.70. The molecule has 0 spiro atoms. The lowest BCUT2D eigenvalue weighted by Gasteiger charge is -2.08. The Hall–Kier alpha value is -0.0800. The lowest BCUT2D eigenvalue weighted by atomic mass is 10.5. The highest BCUT2D eigenvalue weighted by Gasteiger charge is 1.96. The third kappa shape index (κ3) is 7.92. The second-order valence-corrected chi connectivity index (χ2v) is 1.31. The van der Waals surface area contributed by atoms with Crippen LogP contribution in [0.15, 0.2) is 0 Å². The Kier molecular flexibility index (Phi) is 19.2. The van der Waals surface area contributed by atoms with Crippen molar-refractivity contribution in [2.24, 2.45) is 0 Å². The quantitative estimate of drug-likeness (QED) is 0.554. The Labute approximate surface area is 59.2 Å². The number of rotatable bonds is 3. The van der Waals surface area contributed by atoms with Crippen LogP contribution in [0.3, 0.4) is 0 Å². The van der Waals surface area contributed by atoms with E-state index in [1.54, 1.807) is 14.2 Å². The standard InChI is InChI=1S/C5H12O2.2CH4/c1-4-5(6-2)7-3;;/h5H,4H2,1-3H3;2*1H4. The fourth-order valence-corrected chi connectivity index (χ4v) is 0.430. The molecule has 0 fully saturated rings. The summed E-state index contributed by atoms with van der Waals surface area (Å²) in [7, 11) is 3.27. The second kappa shape index (κ2) is 10.8. The first-order valence-corrected chi connectivity index (χ1v) is 2.40. The molecule has 0 atom stereocenters. The molecule has 0 heterocycles. The molecule has 0 amide bonds. The number of ether oxygens (including phenoxy) is 2. The van der Waals surface area contributed by atoms with Crippen LogP contribution in [0, 0.1) is 0 Å². The van der Waals surface area contributed by atoms with Crippen molar-refractivity contribution >= 4 is 0 Å². The van der Waals surface area contributed by atoms with Gasteiger partial charge in [-0.1, -0.05) is 21.8 Å². The Morgan fingerprint density at radius 2 is 1.44 bits per heavy atom. The zero-order valence-electron chi connectivity index (χ0n) is 5.10. The smallest absolute Gasteiger partial charge is 0.156 e. The van der Waals surface area contributed by atoms with Crippen LogP contribution in [-0.4, -0.2) is 20.5 Å². The molecule has 0 bridgehead atoms. The van der Waals surface area contributed by atoms with Crippen LogP contribution in [0.5, 0.6) is 0 Å². The molecule has 0 aromatic heterocycles. The summed E-state index contributed by atoms with van der Waals surface area (Å²) in [5.41, 5.74) is 0. The maximum atomic E-state index is 4.83. The van der Waals surface area contributed by atoms with Crippen LogP contribution < -0.4 is 0 Å². The van der Waals surface area contributed by atoms with Gasteiger partial charge in [-0.05, 0) is 6.42 Å². The highest BCUT2D eigenvalue weighted by atomic mass is 16.7. The molecule has 0 N–H and O–H groups in total. The van der Waals surface area contributed by atoms with E-state index in [-0.39, 0.29) is 21.1 Å². The third-order valence-electron chi connectivity index (χ3n) is 0.859. The molecule has 0 aromatic carbocycles. The molecular weight excluding hydrogens is 116 g/mol. The van der Waals surface area contributed by atoms with Gasteiger partial charge in [0, 0.05) is 14.2 Å². The minimum atomic E-state index is -0.0139. The summed E-state index contributed by atoms with van der Waals surface area (Å²) in [6.07, 6.45) is 0.896. The largest absolute Gasteiger partial charge is 0.356 e. The Balaban J connectivity index is -0.000000180. The van der Waals surface area contributed by atoms with E-state index in [0.717, 1.165) is 6.42 Å². The van der Waals surface area contributed by atoms with E-state index in [2.05, 4.69) is 0 Å². The summed E-state index contributed by atoms with van der Waals surface area (Å²) < 4.78 is 9.65. The maximum Gasteiger partial charge on any atom is 0.156 e. The van der Waals surface area contributed by atoms with Gasteiger partial charge in [-0.15, -0.1) is 0 Å². The molecule has 0 saturated carbocycles. The van der Waals surface area contributed by atoms with Gasteiger partial charge in [0.1, 0.15) is 0 Å². The third-order valence-corrected chi connectivity index (χ3v) is 0.859. The Morgan fingerprint density at radius 3 is 1.44 bits per heavy atom. The minimum Gasteiger partial charge on any atom is -0.356 e. The van der Waals surface area contributed by atoms with E-state index < -0.39 is 0 Å². The van der Waals surface area contributed by atoms with Gasteiger partial charge in [0.25, 0.3) is 0 Å². The normalized spacial score (nSPS) is 8.00. The molecule has 2 heteroatoms. The molecule has 0 aromatic rings. The molecule has 0 saturated heterocycles.